The van der Waals surface area contributed by atoms with Crippen LogP contribution in [0.2, 0.25) is 0 Å². The SMILES string of the molecule is C[C@@H](CN1C(=O)c2cc3ccccc3n2C[C@@]1(C)C(=O)NC1CCCCCC1)c1ccccc1. The second-order valence-electron chi connectivity index (χ2n) is 10.3. The van der Waals surface area contributed by atoms with E-state index >= 15 is 0 Å². The first kappa shape index (κ1) is 22.7. The molecule has 0 radical (unpaired) electrons. The first-order chi connectivity index (χ1) is 16.5. The molecule has 2 heterocycles. The fraction of sp³-hybridized carbons (Fsp3) is 0.448. The number of rotatable bonds is 5. The van der Waals surface area contributed by atoms with E-state index in [-0.39, 0.29) is 23.8 Å². The quantitative estimate of drug-likeness (QED) is 0.515. The third kappa shape index (κ3) is 4.13. The van der Waals surface area contributed by atoms with Gasteiger partial charge in [0.1, 0.15) is 11.2 Å². The predicted molar refractivity (Wildman–Crippen MR) is 136 cm³/mol. The summed E-state index contributed by atoms with van der Waals surface area (Å²) in [4.78, 5) is 29.7. The molecule has 5 heteroatoms. The van der Waals surface area contributed by atoms with E-state index in [1.165, 1.54) is 18.4 Å². The highest BCUT2D eigenvalue weighted by atomic mass is 16.2. The first-order valence-corrected chi connectivity index (χ1v) is 12.7. The van der Waals surface area contributed by atoms with E-state index in [4.69, 9.17) is 0 Å². The van der Waals surface area contributed by atoms with Gasteiger partial charge >= 0.3 is 0 Å². The van der Waals surface area contributed by atoms with Gasteiger partial charge in [0.15, 0.2) is 0 Å². The van der Waals surface area contributed by atoms with Crippen molar-refractivity contribution >= 4 is 22.7 Å². The van der Waals surface area contributed by atoms with Gasteiger partial charge in [0.2, 0.25) is 5.91 Å². The lowest BCUT2D eigenvalue weighted by Gasteiger charge is -2.45. The van der Waals surface area contributed by atoms with Crippen LogP contribution in [-0.2, 0) is 11.3 Å². The Morgan fingerprint density at radius 1 is 1.03 bits per heavy atom. The standard InChI is InChI=1S/C29H35N3O2/c1-21(22-12-6-5-7-13-22)19-32-27(33)26-18-23-14-10-11-17-25(23)31(26)20-29(32,2)28(34)30-24-15-8-3-4-9-16-24/h5-7,10-14,17-18,21,24H,3-4,8-9,15-16,19-20H2,1-2H3,(H,30,34)/t21-,29-/m0/s1. The van der Waals surface area contributed by atoms with E-state index in [1.54, 1.807) is 0 Å². The molecule has 0 unspecified atom stereocenters. The van der Waals surface area contributed by atoms with Crippen molar-refractivity contribution in [1.82, 2.24) is 14.8 Å². The molecule has 1 aliphatic carbocycles. The Labute approximate surface area is 202 Å². The zero-order valence-corrected chi connectivity index (χ0v) is 20.3. The van der Waals surface area contributed by atoms with Gasteiger partial charge in [-0.05, 0) is 43.4 Å². The molecule has 1 aliphatic heterocycles. The summed E-state index contributed by atoms with van der Waals surface area (Å²) in [5.74, 6) is 0.0197. The van der Waals surface area contributed by atoms with Crippen LogP contribution in [0.3, 0.4) is 0 Å². The van der Waals surface area contributed by atoms with E-state index in [0.717, 1.165) is 36.6 Å². The molecule has 5 rings (SSSR count). The molecule has 1 aromatic heterocycles. The van der Waals surface area contributed by atoms with Gasteiger partial charge in [-0.3, -0.25) is 9.59 Å². The number of amides is 2. The maximum Gasteiger partial charge on any atom is 0.271 e. The van der Waals surface area contributed by atoms with Crippen molar-refractivity contribution < 1.29 is 9.59 Å². The predicted octanol–water partition coefficient (Wildman–Crippen LogP) is 5.50. The highest BCUT2D eigenvalue weighted by Crippen LogP contribution is 2.34. The lowest BCUT2D eigenvalue weighted by Crippen LogP contribution is -2.65. The van der Waals surface area contributed by atoms with Crippen molar-refractivity contribution in [2.45, 2.75) is 76.4 Å². The highest BCUT2D eigenvalue weighted by Gasteiger charge is 2.48. The molecule has 178 valence electrons. The molecular formula is C29H35N3O2. The summed E-state index contributed by atoms with van der Waals surface area (Å²) in [6, 6.07) is 20.5. The first-order valence-electron chi connectivity index (χ1n) is 12.7. The van der Waals surface area contributed by atoms with E-state index in [2.05, 4.69) is 24.4 Å². The summed E-state index contributed by atoms with van der Waals surface area (Å²) in [7, 11) is 0. The Morgan fingerprint density at radius 2 is 1.71 bits per heavy atom. The van der Waals surface area contributed by atoms with Gasteiger partial charge in [-0.25, -0.2) is 0 Å². The van der Waals surface area contributed by atoms with Crippen LogP contribution in [-0.4, -0.2) is 39.4 Å². The number of carbonyl (C=O) groups excluding carboxylic acids is 2. The Balaban J connectivity index is 1.51. The summed E-state index contributed by atoms with van der Waals surface area (Å²) < 4.78 is 2.05. The van der Waals surface area contributed by atoms with Crippen LogP contribution in [0, 0.1) is 0 Å². The molecule has 3 aromatic rings. The monoisotopic (exact) mass is 457 g/mol. The largest absolute Gasteiger partial charge is 0.351 e. The molecule has 0 spiro atoms. The molecule has 1 fully saturated rings. The van der Waals surface area contributed by atoms with Gasteiger partial charge in [-0.1, -0.05) is 81.1 Å². The molecule has 5 nitrogen and oxygen atoms in total. The van der Waals surface area contributed by atoms with Gasteiger partial charge < -0.3 is 14.8 Å². The number of fused-ring (bicyclic) bond motifs is 3. The maximum absolute atomic E-state index is 13.9. The van der Waals surface area contributed by atoms with E-state index in [9.17, 15) is 9.59 Å². The number of hydrogen-bond acceptors (Lipinski definition) is 2. The second-order valence-corrected chi connectivity index (χ2v) is 10.3. The van der Waals surface area contributed by atoms with Gasteiger partial charge in [0, 0.05) is 23.5 Å². The van der Waals surface area contributed by atoms with E-state index in [0.29, 0.717) is 18.8 Å². The minimum atomic E-state index is -0.957. The van der Waals surface area contributed by atoms with Gasteiger partial charge in [-0.15, -0.1) is 0 Å². The van der Waals surface area contributed by atoms with Crippen LogP contribution in [0.4, 0.5) is 0 Å². The lowest BCUT2D eigenvalue weighted by atomic mass is 9.91. The number of nitrogens with zero attached hydrogens (tertiary/aromatic N) is 2. The molecular weight excluding hydrogens is 422 g/mol. The van der Waals surface area contributed by atoms with Gasteiger partial charge in [0.05, 0.1) is 6.54 Å². The highest BCUT2D eigenvalue weighted by molar-refractivity contribution is 6.03. The van der Waals surface area contributed by atoms with E-state index in [1.807, 2.05) is 64.9 Å². The van der Waals surface area contributed by atoms with Gasteiger partial charge in [0.25, 0.3) is 5.91 Å². The van der Waals surface area contributed by atoms with Crippen molar-refractivity contribution in [2.24, 2.45) is 0 Å². The number of para-hydroxylation sites is 1. The Kier molecular flexibility index (Phi) is 6.20. The minimum Gasteiger partial charge on any atom is -0.351 e. The van der Waals surface area contributed by atoms with Crippen LogP contribution < -0.4 is 5.32 Å². The van der Waals surface area contributed by atoms with Crippen LogP contribution in [0.1, 0.15) is 74.3 Å². The smallest absolute Gasteiger partial charge is 0.271 e. The molecule has 2 amide bonds. The third-order valence-corrected chi connectivity index (χ3v) is 7.84. The van der Waals surface area contributed by atoms with E-state index < -0.39 is 5.54 Å². The number of hydrogen-bond donors (Lipinski definition) is 1. The summed E-state index contributed by atoms with van der Waals surface area (Å²) in [6.45, 7) is 5.05. The lowest BCUT2D eigenvalue weighted by molar-refractivity contribution is -0.133. The zero-order chi connectivity index (χ0) is 23.7. The van der Waals surface area contributed by atoms with Crippen molar-refractivity contribution in [3.8, 4) is 0 Å². The number of nitrogens with one attached hydrogen (secondary N) is 1. The fourth-order valence-corrected chi connectivity index (χ4v) is 5.72. The molecule has 2 aliphatic rings. The number of benzene rings is 2. The Morgan fingerprint density at radius 3 is 2.44 bits per heavy atom. The normalized spacial score (nSPS) is 22.3. The van der Waals surface area contributed by atoms with Crippen LogP contribution in [0.15, 0.2) is 60.7 Å². The number of carbonyl (C=O) groups is 2. The molecule has 1 saturated carbocycles. The van der Waals surface area contributed by atoms with Crippen molar-refractivity contribution in [1.29, 1.82) is 0 Å². The Bertz CT molecular complexity index is 1180. The zero-order valence-electron chi connectivity index (χ0n) is 20.3. The maximum atomic E-state index is 13.9. The third-order valence-electron chi connectivity index (χ3n) is 7.84. The molecule has 2 atom stereocenters. The molecule has 1 N–H and O–H groups in total. The van der Waals surface area contributed by atoms with Crippen LogP contribution in [0.5, 0.6) is 0 Å². The summed E-state index contributed by atoms with van der Waals surface area (Å²) in [5.41, 5.74) is 1.89. The van der Waals surface area contributed by atoms with Gasteiger partial charge in [-0.2, -0.15) is 0 Å². The van der Waals surface area contributed by atoms with Crippen LogP contribution in [0.25, 0.3) is 10.9 Å². The average Bonchev–Trinajstić information content (AvgIpc) is 3.02. The summed E-state index contributed by atoms with van der Waals surface area (Å²) >= 11 is 0. The minimum absolute atomic E-state index is 0.0311. The molecule has 0 bridgehead atoms. The number of aromatic nitrogens is 1. The molecule has 34 heavy (non-hydrogen) atoms. The molecule has 0 saturated heterocycles. The summed E-state index contributed by atoms with van der Waals surface area (Å²) in [5, 5.41) is 4.39. The van der Waals surface area contributed by atoms with Crippen molar-refractivity contribution in [3.05, 3.63) is 71.9 Å². The topological polar surface area (TPSA) is 54.3 Å². The summed E-state index contributed by atoms with van der Waals surface area (Å²) in [6.07, 6.45) is 6.83. The van der Waals surface area contributed by atoms with Crippen molar-refractivity contribution in [3.63, 3.8) is 0 Å². The average molecular weight is 458 g/mol. The second kappa shape index (κ2) is 9.28. The Hall–Kier alpha value is -3.08. The molecule has 2 aromatic carbocycles. The van der Waals surface area contributed by atoms with Crippen LogP contribution >= 0.6 is 0 Å². The van der Waals surface area contributed by atoms with Crippen molar-refractivity contribution in [2.75, 3.05) is 6.54 Å². The fourth-order valence-electron chi connectivity index (χ4n) is 5.72.